The van der Waals surface area contributed by atoms with Gasteiger partial charge in [0.25, 0.3) is 5.91 Å². The Kier molecular flexibility index (Phi) is 5.07. The maximum absolute atomic E-state index is 12.2. The first-order valence-electron chi connectivity index (χ1n) is 8.80. The number of nitrogens with one attached hydrogen (secondary N) is 3. The zero-order chi connectivity index (χ0) is 18.0. The third kappa shape index (κ3) is 3.68. The van der Waals surface area contributed by atoms with Crippen LogP contribution < -0.4 is 10.7 Å². The second-order valence-electron chi connectivity index (χ2n) is 6.76. The molecule has 3 atom stereocenters. The summed E-state index contributed by atoms with van der Waals surface area (Å²) in [6.07, 6.45) is 3.17. The van der Waals surface area contributed by atoms with Crippen molar-refractivity contribution in [1.82, 2.24) is 20.7 Å². The molecule has 0 spiro atoms. The number of aromatic amines is 1. The normalized spacial score (nSPS) is 20.2. The predicted molar refractivity (Wildman–Crippen MR) is 97.8 cm³/mol. The van der Waals surface area contributed by atoms with Crippen LogP contribution in [0.1, 0.15) is 37.3 Å². The van der Waals surface area contributed by atoms with Crippen LogP contribution in [0.15, 0.2) is 24.4 Å². The fourth-order valence-corrected chi connectivity index (χ4v) is 3.39. The molecule has 3 unspecified atom stereocenters. The van der Waals surface area contributed by atoms with E-state index in [-0.39, 0.29) is 11.9 Å². The number of hydrazine groups is 1. The fourth-order valence-electron chi connectivity index (χ4n) is 3.39. The Morgan fingerprint density at radius 3 is 3.04 bits per heavy atom. The summed E-state index contributed by atoms with van der Waals surface area (Å²) in [4.78, 5) is 15.5. The third-order valence-electron chi connectivity index (χ3n) is 4.95. The van der Waals surface area contributed by atoms with E-state index in [4.69, 9.17) is 5.26 Å². The predicted octanol–water partition coefficient (Wildman–Crippen LogP) is 2.10. The molecule has 3 N–H and O–H groups in total. The molecule has 1 aromatic carbocycles. The van der Waals surface area contributed by atoms with Gasteiger partial charge in [0.2, 0.25) is 0 Å². The van der Waals surface area contributed by atoms with E-state index in [1.165, 1.54) is 5.56 Å². The van der Waals surface area contributed by atoms with E-state index >= 15 is 0 Å². The number of rotatable bonds is 7. The van der Waals surface area contributed by atoms with E-state index in [0.717, 1.165) is 30.4 Å². The molecular formula is C19H25N5O. The Labute approximate surface area is 148 Å². The lowest BCUT2D eigenvalue weighted by Gasteiger charge is -2.22. The number of carbonyl (C=O) groups is 1. The number of hydrogen-bond donors (Lipinski definition) is 3. The molecule has 6 nitrogen and oxygen atoms in total. The van der Waals surface area contributed by atoms with Crippen LogP contribution in [-0.2, 0) is 4.79 Å². The topological polar surface area (TPSA) is 84.0 Å². The van der Waals surface area contributed by atoms with Gasteiger partial charge in [-0.3, -0.25) is 9.80 Å². The summed E-state index contributed by atoms with van der Waals surface area (Å²) in [6, 6.07) is 7.75. The Bertz CT molecular complexity index is 806. The van der Waals surface area contributed by atoms with Gasteiger partial charge in [0.1, 0.15) is 0 Å². The first kappa shape index (κ1) is 17.5. The highest BCUT2D eigenvalue weighted by Gasteiger charge is 2.39. The summed E-state index contributed by atoms with van der Waals surface area (Å²) in [5.74, 6) is 1.07. The number of nitriles is 1. The molecule has 132 valence electrons. The quantitative estimate of drug-likeness (QED) is 0.675. The molecule has 1 aliphatic rings. The minimum atomic E-state index is -0.210. The van der Waals surface area contributed by atoms with Crippen LogP contribution in [0.3, 0.4) is 0 Å². The number of aromatic nitrogens is 1. The molecule has 3 rings (SSSR count). The standard InChI is InChI=1S/C19H25N5O/c1-4-23-24(3)19(25)12(2)21-10-14-8-15(14)17-11-22-18-6-5-13(9-20)7-16(17)18/h5-7,11-12,14-15,21-23H,4,8,10H2,1-3H3. The lowest BCUT2D eigenvalue weighted by molar-refractivity contribution is -0.134. The van der Waals surface area contributed by atoms with E-state index in [1.807, 2.05) is 32.0 Å². The lowest BCUT2D eigenvalue weighted by atomic mass is 10.1. The molecule has 1 amide bonds. The van der Waals surface area contributed by atoms with E-state index < -0.39 is 0 Å². The maximum Gasteiger partial charge on any atom is 0.253 e. The summed E-state index contributed by atoms with van der Waals surface area (Å²) < 4.78 is 0. The Hall–Kier alpha value is -2.36. The second-order valence-corrected chi connectivity index (χ2v) is 6.76. The summed E-state index contributed by atoms with van der Waals surface area (Å²) in [6.45, 7) is 5.42. The number of fused-ring (bicyclic) bond motifs is 1. The van der Waals surface area contributed by atoms with Crippen molar-refractivity contribution in [2.75, 3.05) is 20.1 Å². The van der Waals surface area contributed by atoms with Crippen molar-refractivity contribution in [2.24, 2.45) is 5.92 Å². The molecule has 2 aromatic rings. The molecule has 1 aliphatic carbocycles. The number of benzene rings is 1. The number of H-pyrrole nitrogens is 1. The number of nitrogens with zero attached hydrogens (tertiary/aromatic N) is 2. The van der Waals surface area contributed by atoms with E-state index in [0.29, 0.717) is 17.4 Å². The molecule has 25 heavy (non-hydrogen) atoms. The van der Waals surface area contributed by atoms with Crippen molar-refractivity contribution in [1.29, 1.82) is 5.26 Å². The highest BCUT2D eigenvalue weighted by Crippen LogP contribution is 2.49. The van der Waals surface area contributed by atoms with Gasteiger partial charge in [-0.1, -0.05) is 6.92 Å². The average Bonchev–Trinajstić information content (AvgIpc) is 3.27. The summed E-state index contributed by atoms with van der Waals surface area (Å²) in [5, 5.41) is 15.1. The number of carbonyl (C=O) groups excluding carboxylic acids is 1. The van der Waals surface area contributed by atoms with Crippen molar-refractivity contribution >= 4 is 16.8 Å². The molecule has 6 heteroatoms. The van der Waals surface area contributed by atoms with Crippen LogP contribution in [0.4, 0.5) is 0 Å². The largest absolute Gasteiger partial charge is 0.361 e. The Morgan fingerprint density at radius 2 is 2.32 bits per heavy atom. The maximum atomic E-state index is 12.2. The summed E-state index contributed by atoms with van der Waals surface area (Å²) >= 11 is 0. The number of likely N-dealkylation sites (N-methyl/N-ethyl adjacent to an activating group) is 1. The number of hydrogen-bond acceptors (Lipinski definition) is 4. The smallest absolute Gasteiger partial charge is 0.253 e. The van der Waals surface area contributed by atoms with Gasteiger partial charge in [-0.05, 0) is 55.5 Å². The van der Waals surface area contributed by atoms with Crippen LogP contribution in [0.5, 0.6) is 0 Å². The SMILES string of the molecule is CCNN(C)C(=O)C(C)NCC1CC1c1c[nH]c2ccc(C#N)cc12. The molecule has 0 radical (unpaired) electrons. The van der Waals surface area contributed by atoms with Crippen LogP contribution in [-0.4, -0.2) is 42.1 Å². The van der Waals surface area contributed by atoms with Crippen LogP contribution in [0.25, 0.3) is 10.9 Å². The lowest BCUT2D eigenvalue weighted by Crippen LogP contribution is -2.49. The molecule has 1 fully saturated rings. The highest BCUT2D eigenvalue weighted by atomic mass is 16.2. The minimum absolute atomic E-state index is 0.0461. The van der Waals surface area contributed by atoms with Gasteiger partial charge in [-0.2, -0.15) is 5.26 Å². The summed E-state index contributed by atoms with van der Waals surface area (Å²) in [5.41, 5.74) is 6.05. The zero-order valence-corrected chi connectivity index (χ0v) is 15.0. The van der Waals surface area contributed by atoms with E-state index in [1.54, 1.807) is 12.1 Å². The van der Waals surface area contributed by atoms with Crippen molar-refractivity contribution in [3.8, 4) is 6.07 Å². The van der Waals surface area contributed by atoms with Crippen molar-refractivity contribution in [2.45, 2.75) is 32.2 Å². The molecule has 1 saturated carbocycles. The Balaban J connectivity index is 1.58. The van der Waals surface area contributed by atoms with Crippen molar-refractivity contribution in [3.63, 3.8) is 0 Å². The fraction of sp³-hybridized carbons (Fsp3) is 0.474. The molecule has 1 aromatic heterocycles. The van der Waals surface area contributed by atoms with Gasteiger partial charge in [0, 0.05) is 30.7 Å². The monoisotopic (exact) mass is 339 g/mol. The molecule has 0 bridgehead atoms. The summed E-state index contributed by atoms with van der Waals surface area (Å²) in [7, 11) is 1.75. The molecule has 0 saturated heterocycles. The van der Waals surface area contributed by atoms with Crippen molar-refractivity contribution < 1.29 is 4.79 Å². The van der Waals surface area contributed by atoms with Gasteiger partial charge in [0.15, 0.2) is 0 Å². The van der Waals surface area contributed by atoms with Gasteiger partial charge >= 0.3 is 0 Å². The molecular weight excluding hydrogens is 314 g/mol. The zero-order valence-electron chi connectivity index (χ0n) is 15.0. The third-order valence-corrected chi connectivity index (χ3v) is 4.95. The van der Waals surface area contributed by atoms with E-state index in [9.17, 15) is 4.79 Å². The van der Waals surface area contributed by atoms with Crippen molar-refractivity contribution in [3.05, 3.63) is 35.5 Å². The molecule has 0 aliphatic heterocycles. The average molecular weight is 339 g/mol. The van der Waals surface area contributed by atoms with Gasteiger partial charge < -0.3 is 10.3 Å². The first-order chi connectivity index (χ1) is 12.0. The van der Waals surface area contributed by atoms with Crippen LogP contribution >= 0.6 is 0 Å². The molecule has 1 heterocycles. The van der Waals surface area contributed by atoms with Crippen LogP contribution in [0.2, 0.25) is 0 Å². The highest BCUT2D eigenvalue weighted by molar-refractivity contribution is 5.85. The van der Waals surface area contributed by atoms with E-state index in [2.05, 4.69) is 28.0 Å². The van der Waals surface area contributed by atoms with Gasteiger partial charge in [0.05, 0.1) is 17.7 Å². The minimum Gasteiger partial charge on any atom is -0.361 e. The number of amides is 1. The first-order valence-corrected chi connectivity index (χ1v) is 8.80. The Morgan fingerprint density at radius 1 is 1.52 bits per heavy atom. The van der Waals surface area contributed by atoms with Gasteiger partial charge in [-0.15, -0.1) is 0 Å². The van der Waals surface area contributed by atoms with Crippen LogP contribution in [0, 0.1) is 17.2 Å². The van der Waals surface area contributed by atoms with Gasteiger partial charge in [-0.25, -0.2) is 5.43 Å². The second kappa shape index (κ2) is 7.26.